The Bertz CT molecular complexity index is 1020. The zero-order chi connectivity index (χ0) is 18.6. The monoisotopic (exact) mass is 431 g/mol. The van der Waals surface area contributed by atoms with Crippen LogP contribution in [-0.4, -0.2) is 19.3 Å². The molecule has 132 valence electrons. The summed E-state index contributed by atoms with van der Waals surface area (Å²) in [6.07, 6.45) is 3.11. The van der Waals surface area contributed by atoms with Gasteiger partial charge >= 0.3 is 0 Å². The highest BCUT2D eigenvalue weighted by atomic mass is 79.9. The van der Waals surface area contributed by atoms with Gasteiger partial charge in [0.1, 0.15) is 0 Å². The van der Waals surface area contributed by atoms with Crippen LogP contribution < -0.4 is 10.0 Å². The Balaban J connectivity index is 1.87. The number of benzene rings is 2. The molecule has 1 amide bonds. The van der Waals surface area contributed by atoms with E-state index in [1.54, 1.807) is 54.9 Å². The summed E-state index contributed by atoms with van der Waals surface area (Å²) in [4.78, 5) is 16.5. The van der Waals surface area contributed by atoms with Gasteiger partial charge in [-0.1, -0.05) is 28.1 Å². The van der Waals surface area contributed by atoms with E-state index in [1.165, 1.54) is 18.2 Å². The van der Waals surface area contributed by atoms with E-state index in [4.69, 9.17) is 0 Å². The molecule has 0 unspecified atom stereocenters. The molecule has 2 N–H and O–H groups in total. The lowest BCUT2D eigenvalue weighted by atomic mass is 10.1. The minimum absolute atomic E-state index is 0.102. The minimum Gasteiger partial charge on any atom is -0.322 e. The third-order valence-corrected chi connectivity index (χ3v) is 5.39. The number of hydrogen-bond acceptors (Lipinski definition) is 4. The van der Waals surface area contributed by atoms with Crippen molar-refractivity contribution in [1.29, 1.82) is 0 Å². The molecule has 0 radical (unpaired) electrons. The van der Waals surface area contributed by atoms with Crippen molar-refractivity contribution in [3.05, 3.63) is 83.1 Å². The number of carbonyl (C=O) groups excluding carboxylic acids is 1. The Hall–Kier alpha value is -2.71. The number of halogens is 1. The maximum absolute atomic E-state index is 12.6. The van der Waals surface area contributed by atoms with Gasteiger partial charge in [-0.25, -0.2) is 8.42 Å². The first-order valence-corrected chi connectivity index (χ1v) is 9.82. The summed E-state index contributed by atoms with van der Waals surface area (Å²) in [6, 6.07) is 15.9. The number of aromatic nitrogens is 1. The van der Waals surface area contributed by atoms with E-state index in [1.807, 2.05) is 0 Å². The quantitative estimate of drug-likeness (QED) is 0.640. The highest BCUT2D eigenvalue weighted by molar-refractivity contribution is 9.10. The van der Waals surface area contributed by atoms with Gasteiger partial charge in [-0.2, -0.15) is 0 Å². The Morgan fingerprint density at radius 1 is 0.923 bits per heavy atom. The summed E-state index contributed by atoms with van der Waals surface area (Å²) in [5.74, 6) is -0.426. The van der Waals surface area contributed by atoms with Crippen molar-refractivity contribution in [3.8, 4) is 0 Å². The summed E-state index contributed by atoms with van der Waals surface area (Å²) >= 11 is 3.27. The van der Waals surface area contributed by atoms with Crippen LogP contribution in [0.3, 0.4) is 0 Å². The van der Waals surface area contributed by atoms with E-state index in [9.17, 15) is 13.2 Å². The van der Waals surface area contributed by atoms with E-state index in [2.05, 4.69) is 31.0 Å². The van der Waals surface area contributed by atoms with E-state index >= 15 is 0 Å². The Morgan fingerprint density at radius 2 is 1.58 bits per heavy atom. The van der Waals surface area contributed by atoms with E-state index in [0.717, 1.165) is 4.47 Å². The molecule has 0 bridgehead atoms. The molecule has 1 heterocycles. The first-order valence-electron chi connectivity index (χ1n) is 7.54. The Labute approximate surface area is 159 Å². The predicted molar refractivity (Wildman–Crippen MR) is 104 cm³/mol. The van der Waals surface area contributed by atoms with Crippen LogP contribution in [0.5, 0.6) is 0 Å². The number of carbonyl (C=O) groups is 1. The van der Waals surface area contributed by atoms with Gasteiger partial charge in [0.15, 0.2) is 0 Å². The smallest absolute Gasteiger partial charge is 0.261 e. The second-order valence-corrected chi connectivity index (χ2v) is 7.89. The third-order valence-electron chi connectivity index (χ3n) is 3.48. The first-order chi connectivity index (χ1) is 12.5. The molecule has 3 aromatic rings. The number of para-hydroxylation sites is 1. The number of nitrogens with one attached hydrogen (secondary N) is 2. The van der Waals surface area contributed by atoms with Crippen LogP contribution in [0.1, 0.15) is 10.4 Å². The molecule has 0 fully saturated rings. The molecule has 3 rings (SSSR count). The van der Waals surface area contributed by atoms with Crippen LogP contribution in [0, 0.1) is 0 Å². The fourth-order valence-corrected chi connectivity index (χ4v) is 3.57. The Morgan fingerprint density at radius 3 is 2.27 bits per heavy atom. The number of anilines is 2. The van der Waals surface area contributed by atoms with Crippen LogP contribution in [0.4, 0.5) is 11.4 Å². The highest BCUT2D eigenvalue weighted by Crippen LogP contribution is 2.22. The molecule has 0 spiro atoms. The van der Waals surface area contributed by atoms with Crippen molar-refractivity contribution < 1.29 is 13.2 Å². The van der Waals surface area contributed by atoms with Crippen molar-refractivity contribution >= 4 is 43.2 Å². The van der Waals surface area contributed by atoms with Crippen molar-refractivity contribution in [2.24, 2.45) is 0 Å². The maximum Gasteiger partial charge on any atom is 0.261 e. The molecule has 26 heavy (non-hydrogen) atoms. The predicted octanol–water partition coefficient (Wildman–Crippen LogP) is 3.90. The second-order valence-electron chi connectivity index (χ2n) is 5.30. The fraction of sp³-hybridized carbons (Fsp3) is 0. The molecule has 0 aliphatic carbocycles. The van der Waals surface area contributed by atoms with Crippen molar-refractivity contribution in [1.82, 2.24) is 4.98 Å². The fourth-order valence-electron chi connectivity index (χ4n) is 2.22. The van der Waals surface area contributed by atoms with Gasteiger partial charge in [0.25, 0.3) is 15.9 Å². The summed E-state index contributed by atoms with van der Waals surface area (Å²) in [7, 11) is -3.82. The summed E-state index contributed by atoms with van der Waals surface area (Å²) in [5.41, 5.74) is 0.975. The van der Waals surface area contributed by atoms with Crippen LogP contribution in [0.2, 0.25) is 0 Å². The molecule has 0 saturated heterocycles. The van der Waals surface area contributed by atoms with Crippen molar-refractivity contribution in [2.75, 3.05) is 10.0 Å². The average molecular weight is 432 g/mol. The van der Waals surface area contributed by atoms with Gasteiger partial charge in [-0.3, -0.25) is 14.5 Å². The van der Waals surface area contributed by atoms with Crippen LogP contribution in [-0.2, 0) is 10.0 Å². The van der Waals surface area contributed by atoms with Crippen molar-refractivity contribution in [3.63, 3.8) is 0 Å². The minimum atomic E-state index is -3.82. The molecular weight excluding hydrogens is 418 g/mol. The van der Waals surface area contributed by atoms with Crippen LogP contribution in [0.25, 0.3) is 0 Å². The summed E-state index contributed by atoms with van der Waals surface area (Å²) in [6.45, 7) is 0. The topological polar surface area (TPSA) is 88.2 Å². The number of hydrogen-bond donors (Lipinski definition) is 2. The molecular formula is C18H14BrN3O3S. The van der Waals surface area contributed by atoms with Gasteiger partial charge < -0.3 is 5.32 Å². The van der Waals surface area contributed by atoms with Gasteiger partial charge in [0.2, 0.25) is 0 Å². The third kappa shape index (κ3) is 4.27. The molecule has 6 nitrogen and oxygen atoms in total. The number of pyridine rings is 1. The zero-order valence-corrected chi connectivity index (χ0v) is 15.8. The number of amides is 1. The normalized spacial score (nSPS) is 11.0. The van der Waals surface area contributed by atoms with Gasteiger partial charge in [0.05, 0.1) is 16.1 Å². The standard InChI is InChI=1S/C18H14BrN3O3S/c19-13-5-7-15(8-6-13)26(24,25)22-17-4-2-1-3-16(17)18(23)21-14-9-11-20-12-10-14/h1-12,22H,(H,20,21,23). The van der Waals surface area contributed by atoms with Gasteiger partial charge in [-0.05, 0) is 48.5 Å². The molecule has 0 atom stereocenters. The molecule has 0 aliphatic heterocycles. The zero-order valence-electron chi connectivity index (χ0n) is 13.4. The summed E-state index contributed by atoms with van der Waals surface area (Å²) < 4.78 is 28.4. The van der Waals surface area contributed by atoms with Crippen LogP contribution in [0.15, 0.2) is 82.4 Å². The van der Waals surface area contributed by atoms with E-state index in [0.29, 0.717) is 5.69 Å². The second kappa shape index (κ2) is 7.67. The number of rotatable bonds is 5. The van der Waals surface area contributed by atoms with Crippen LogP contribution >= 0.6 is 15.9 Å². The van der Waals surface area contributed by atoms with Gasteiger partial charge in [0, 0.05) is 22.6 Å². The first kappa shape index (κ1) is 18.1. The average Bonchev–Trinajstić information content (AvgIpc) is 2.63. The number of nitrogens with zero attached hydrogens (tertiary/aromatic N) is 1. The highest BCUT2D eigenvalue weighted by Gasteiger charge is 2.18. The molecule has 2 aromatic carbocycles. The van der Waals surface area contributed by atoms with E-state index < -0.39 is 15.9 Å². The molecule has 0 saturated carbocycles. The molecule has 0 aliphatic rings. The number of sulfonamides is 1. The lowest BCUT2D eigenvalue weighted by Gasteiger charge is -2.13. The lowest BCUT2D eigenvalue weighted by molar-refractivity contribution is 0.102. The summed E-state index contributed by atoms with van der Waals surface area (Å²) in [5, 5.41) is 2.71. The Kier molecular flexibility index (Phi) is 5.34. The lowest BCUT2D eigenvalue weighted by Crippen LogP contribution is -2.18. The van der Waals surface area contributed by atoms with Crippen molar-refractivity contribution in [2.45, 2.75) is 4.90 Å². The SMILES string of the molecule is O=C(Nc1ccncc1)c1ccccc1NS(=O)(=O)c1ccc(Br)cc1. The van der Waals surface area contributed by atoms with Gasteiger partial charge in [-0.15, -0.1) is 0 Å². The maximum atomic E-state index is 12.6. The molecule has 1 aromatic heterocycles. The molecule has 8 heteroatoms. The van der Waals surface area contributed by atoms with E-state index in [-0.39, 0.29) is 16.1 Å². The largest absolute Gasteiger partial charge is 0.322 e.